The summed E-state index contributed by atoms with van der Waals surface area (Å²) in [6.45, 7) is 3.62. The second-order valence-electron chi connectivity index (χ2n) is 7.15. The molecule has 2 atom stereocenters. The topological polar surface area (TPSA) is 102 Å². The molecule has 1 fully saturated rings. The van der Waals surface area contributed by atoms with Gasteiger partial charge < -0.3 is 25.6 Å². The maximum Gasteiger partial charge on any atom is 0.475 e. The van der Waals surface area contributed by atoms with Gasteiger partial charge in [0.15, 0.2) is 11.6 Å². The summed E-state index contributed by atoms with van der Waals surface area (Å²) in [5, 5.41) is 23.4. The highest BCUT2D eigenvalue weighted by atomic mass is 35.5. The van der Waals surface area contributed by atoms with Gasteiger partial charge in [-0.15, -0.1) is 0 Å². The summed E-state index contributed by atoms with van der Waals surface area (Å²) in [6, 6.07) is 1.12. The van der Waals surface area contributed by atoms with Gasteiger partial charge in [0.25, 0.3) is 0 Å². The van der Waals surface area contributed by atoms with E-state index in [-0.39, 0.29) is 23.2 Å². The minimum atomic E-state index is -1.72. The van der Waals surface area contributed by atoms with Crippen molar-refractivity contribution in [3.8, 4) is 0 Å². The molecule has 0 saturated carbocycles. The molecule has 1 aliphatic rings. The van der Waals surface area contributed by atoms with Gasteiger partial charge in [0.1, 0.15) is 11.7 Å². The van der Waals surface area contributed by atoms with Crippen LogP contribution >= 0.6 is 11.6 Å². The van der Waals surface area contributed by atoms with Crippen molar-refractivity contribution in [2.45, 2.75) is 38.7 Å². The minimum Gasteiger partial charge on any atom is -0.426 e. The number of anilines is 1. The van der Waals surface area contributed by atoms with E-state index < -0.39 is 49.1 Å². The van der Waals surface area contributed by atoms with Crippen LogP contribution in [0.2, 0.25) is 5.02 Å². The molecule has 4 N–H and O–H groups in total. The number of rotatable bonds is 8. The van der Waals surface area contributed by atoms with Crippen LogP contribution < -0.4 is 15.5 Å². The monoisotopic (exact) mass is 417 g/mol. The Morgan fingerprint density at radius 3 is 2.39 bits per heavy atom. The van der Waals surface area contributed by atoms with E-state index in [1.165, 1.54) is 4.90 Å². The maximum absolute atomic E-state index is 14.0. The normalized spacial score (nSPS) is 17.1. The molecule has 7 nitrogen and oxygen atoms in total. The number of halogens is 3. The predicted molar refractivity (Wildman–Crippen MR) is 102 cm³/mol. The highest BCUT2D eigenvalue weighted by molar-refractivity contribution is 6.43. The second-order valence-corrected chi connectivity index (χ2v) is 7.59. The summed E-state index contributed by atoms with van der Waals surface area (Å²) in [6.07, 6.45) is 0.725. The van der Waals surface area contributed by atoms with Crippen LogP contribution in [0.4, 0.5) is 14.5 Å². The standard InChI is InChI=1S/C17H23BClF2N3O4/c1-9(2)5-14(18(27)28)23-15(25)8-22-17(26)13-3-4-24(13)16-11(20)6-10(19)7-12(16)21/h6-7,9,13-14,27-28H,3-5,8H2,1-2H3,(H,22,26)(H,23,25)/t13-,14?/m0/s1. The highest BCUT2D eigenvalue weighted by Gasteiger charge is 2.37. The number of carbonyl (C=O) groups excluding carboxylic acids is 2. The van der Waals surface area contributed by atoms with Gasteiger partial charge in [-0.25, -0.2) is 8.78 Å². The lowest BCUT2D eigenvalue weighted by atomic mass is 9.75. The molecule has 2 rings (SSSR count). The third-order valence-electron chi connectivity index (χ3n) is 4.45. The molecule has 1 heterocycles. The van der Waals surface area contributed by atoms with E-state index in [4.69, 9.17) is 11.6 Å². The first-order valence-electron chi connectivity index (χ1n) is 8.94. The molecule has 0 radical (unpaired) electrons. The lowest BCUT2D eigenvalue weighted by Gasteiger charge is -2.41. The number of nitrogens with one attached hydrogen (secondary N) is 2. The lowest BCUT2D eigenvalue weighted by Crippen LogP contribution is -2.58. The number of carbonyl (C=O) groups is 2. The van der Waals surface area contributed by atoms with E-state index >= 15 is 0 Å². The smallest absolute Gasteiger partial charge is 0.426 e. The summed E-state index contributed by atoms with van der Waals surface area (Å²) in [5.41, 5.74) is -0.333. The van der Waals surface area contributed by atoms with Crippen LogP contribution in [-0.4, -0.2) is 54.1 Å². The lowest BCUT2D eigenvalue weighted by molar-refractivity contribution is -0.127. The third-order valence-corrected chi connectivity index (χ3v) is 4.66. The molecule has 2 amide bonds. The van der Waals surface area contributed by atoms with Gasteiger partial charge in [0.05, 0.1) is 12.5 Å². The van der Waals surface area contributed by atoms with Crippen LogP contribution in [0.25, 0.3) is 0 Å². The van der Waals surface area contributed by atoms with E-state index in [1.807, 2.05) is 13.8 Å². The van der Waals surface area contributed by atoms with Gasteiger partial charge in [-0.1, -0.05) is 25.4 Å². The van der Waals surface area contributed by atoms with Crippen molar-refractivity contribution in [1.29, 1.82) is 0 Å². The molecule has 1 aromatic rings. The summed E-state index contributed by atoms with van der Waals surface area (Å²) in [7, 11) is -1.72. The van der Waals surface area contributed by atoms with Gasteiger partial charge in [-0.3, -0.25) is 9.59 Å². The number of hydrogen-bond acceptors (Lipinski definition) is 5. The molecule has 154 valence electrons. The van der Waals surface area contributed by atoms with Gasteiger partial charge in [0.2, 0.25) is 11.8 Å². The zero-order chi connectivity index (χ0) is 21.0. The average Bonchev–Trinajstić information content (AvgIpc) is 2.53. The Labute approximate surface area is 167 Å². The van der Waals surface area contributed by atoms with E-state index in [0.29, 0.717) is 12.8 Å². The number of benzene rings is 1. The Bertz CT molecular complexity index is 715. The van der Waals surface area contributed by atoms with Crippen LogP contribution in [-0.2, 0) is 9.59 Å². The van der Waals surface area contributed by atoms with Crippen molar-refractivity contribution in [1.82, 2.24) is 10.6 Å². The Morgan fingerprint density at radius 1 is 1.32 bits per heavy atom. The van der Waals surface area contributed by atoms with E-state index in [0.717, 1.165) is 12.1 Å². The van der Waals surface area contributed by atoms with Crippen molar-refractivity contribution >= 4 is 36.2 Å². The molecule has 0 bridgehead atoms. The van der Waals surface area contributed by atoms with Crippen molar-refractivity contribution in [3.05, 3.63) is 28.8 Å². The first-order chi connectivity index (χ1) is 13.1. The fourth-order valence-electron chi connectivity index (χ4n) is 3.04. The maximum atomic E-state index is 14.0. The van der Waals surface area contributed by atoms with E-state index in [1.54, 1.807) is 0 Å². The molecular formula is C17H23BClF2N3O4. The molecule has 1 aliphatic heterocycles. The number of nitrogens with zero attached hydrogens (tertiary/aromatic N) is 1. The van der Waals surface area contributed by atoms with Crippen LogP contribution in [0.1, 0.15) is 26.7 Å². The van der Waals surface area contributed by atoms with Gasteiger partial charge in [0, 0.05) is 11.6 Å². The summed E-state index contributed by atoms with van der Waals surface area (Å²) >= 11 is 5.61. The van der Waals surface area contributed by atoms with Crippen molar-refractivity contribution < 1.29 is 28.4 Å². The van der Waals surface area contributed by atoms with Crippen LogP contribution in [0.15, 0.2) is 12.1 Å². The van der Waals surface area contributed by atoms with Crippen molar-refractivity contribution in [2.75, 3.05) is 18.0 Å². The molecular weight excluding hydrogens is 394 g/mol. The highest BCUT2D eigenvalue weighted by Crippen LogP contribution is 2.33. The van der Waals surface area contributed by atoms with Gasteiger partial charge >= 0.3 is 7.12 Å². The zero-order valence-corrected chi connectivity index (χ0v) is 16.3. The predicted octanol–water partition coefficient (Wildman–Crippen LogP) is 0.856. The Kier molecular flexibility index (Phi) is 7.62. The first-order valence-corrected chi connectivity index (χ1v) is 9.32. The molecule has 0 aliphatic carbocycles. The first kappa shape index (κ1) is 22.4. The molecule has 11 heteroatoms. The molecule has 0 spiro atoms. The SMILES string of the molecule is CC(C)CC(NC(=O)CNC(=O)[C@@H]1CCN1c1c(F)cc(Cl)cc1F)B(O)O. The van der Waals surface area contributed by atoms with Crippen LogP contribution in [0.5, 0.6) is 0 Å². The average molecular weight is 418 g/mol. The molecule has 1 aromatic carbocycles. The minimum absolute atomic E-state index is 0.0843. The number of hydrogen-bond donors (Lipinski definition) is 4. The third kappa shape index (κ3) is 5.56. The molecule has 0 aromatic heterocycles. The summed E-state index contributed by atoms with van der Waals surface area (Å²) in [4.78, 5) is 25.5. The fraction of sp³-hybridized carbons (Fsp3) is 0.529. The quantitative estimate of drug-likeness (QED) is 0.470. The molecule has 1 unspecified atom stereocenters. The van der Waals surface area contributed by atoms with Gasteiger partial charge in [-0.2, -0.15) is 0 Å². The largest absolute Gasteiger partial charge is 0.475 e. The Hall–Kier alpha value is -1.91. The Balaban J connectivity index is 1.92. The van der Waals surface area contributed by atoms with E-state index in [9.17, 15) is 28.4 Å². The van der Waals surface area contributed by atoms with Gasteiger partial charge in [-0.05, 0) is 30.9 Å². The van der Waals surface area contributed by atoms with Crippen LogP contribution in [0.3, 0.4) is 0 Å². The number of amides is 2. The summed E-state index contributed by atoms with van der Waals surface area (Å²) in [5.74, 6) is -3.62. The molecule has 28 heavy (non-hydrogen) atoms. The van der Waals surface area contributed by atoms with Crippen molar-refractivity contribution in [3.63, 3.8) is 0 Å². The van der Waals surface area contributed by atoms with Crippen molar-refractivity contribution in [2.24, 2.45) is 5.92 Å². The summed E-state index contributed by atoms with van der Waals surface area (Å²) < 4.78 is 28.1. The van der Waals surface area contributed by atoms with E-state index in [2.05, 4.69) is 10.6 Å². The second kappa shape index (κ2) is 9.53. The Morgan fingerprint density at radius 2 is 1.93 bits per heavy atom. The zero-order valence-electron chi connectivity index (χ0n) is 15.6. The molecule has 1 saturated heterocycles. The van der Waals surface area contributed by atoms with Crippen LogP contribution in [0, 0.1) is 17.6 Å². The fourth-order valence-corrected chi connectivity index (χ4v) is 3.23.